The second-order valence-corrected chi connectivity index (χ2v) is 4.91. The number of hydrogen-bond acceptors (Lipinski definition) is 3. The van der Waals surface area contributed by atoms with Crippen LogP contribution in [-0.4, -0.2) is 35.1 Å². The Bertz CT molecular complexity index is 314. The smallest absolute Gasteiger partial charge is 0.323 e. The average Bonchev–Trinajstić information content (AvgIpc) is 3.04. The number of carbonyl (C=O) groups is 2. The van der Waals surface area contributed by atoms with Gasteiger partial charge in [0.15, 0.2) is 0 Å². The third kappa shape index (κ3) is 2.04. The summed E-state index contributed by atoms with van der Waals surface area (Å²) in [7, 11) is 0. The molecule has 1 saturated heterocycles. The molecule has 2 atom stereocenters. The summed E-state index contributed by atoms with van der Waals surface area (Å²) in [4.78, 5) is 22.9. The molecule has 0 bridgehead atoms. The van der Waals surface area contributed by atoms with Crippen LogP contribution >= 0.6 is 0 Å². The largest absolute Gasteiger partial charge is 0.480 e. The lowest BCUT2D eigenvalue weighted by atomic mass is 9.93. The molecule has 0 spiro atoms. The SMILES string of the molecule is CC(NC1CCCNC1=O)(C(=O)O)C1CC1. The zero-order chi connectivity index (χ0) is 11.8. The van der Waals surface area contributed by atoms with Gasteiger partial charge >= 0.3 is 5.97 Å². The van der Waals surface area contributed by atoms with Crippen molar-refractivity contribution in [2.45, 2.75) is 44.2 Å². The van der Waals surface area contributed by atoms with Crippen LogP contribution in [0.5, 0.6) is 0 Å². The lowest BCUT2D eigenvalue weighted by Crippen LogP contribution is -2.60. The molecular weight excluding hydrogens is 208 g/mol. The molecule has 3 N–H and O–H groups in total. The van der Waals surface area contributed by atoms with Gasteiger partial charge in [-0.15, -0.1) is 0 Å². The molecule has 2 aliphatic rings. The zero-order valence-corrected chi connectivity index (χ0v) is 9.45. The molecule has 1 heterocycles. The van der Waals surface area contributed by atoms with Gasteiger partial charge in [0.05, 0.1) is 6.04 Å². The highest BCUT2D eigenvalue weighted by atomic mass is 16.4. The Hall–Kier alpha value is -1.10. The van der Waals surface area contributed by atoms with Gasteiger partial charge in [-0.3, -0.25) is 14.9 Å². The Balaban J connectivity index is 2.05. The van der Waals surface area contributed by atoms with Crippen LogP contribution < -0.4 is 10.6 Å². The summed E-state index contributed by atoms with van der Waals surface area (Å²) in [5, 5.41) is 15.1. The van der Waals surface area contributed by atoms with Crippen LogP contribution in [0.3, 0.4) is 0 Å². The monoisotopic (exact) mass is 226 g/mol. The first-order valence-corrected chi connectivity index (χ1v) is 5.83. The number of carbonyl (C=O) groups excluding carboxylic acids is 1. The van der Waals surface area contributed by atoms with Gasteiger partial charge in [0.2, 0.25) is 5.91 Å². The summed E-state index contributed by atoms with van der Waals surface area (Å²) < 4.78 is 0. The molecule has 0 radical (unpaired) electrons. The maximum absolute atomic E-state index is 11.6. The van der Waals surface area contributed by atoms with Gasteiger partial charge in [-0.05, 0) is 38.5 Å². The van der Waals surface area contributed by atoms with Crippen molar-refractivity contribution < 1.29 is 14.7 Å². The minimum absolute atomic E-state index is 0.0700. The summed E-state index contributed by atoms with van der Waals surface area (Å²) in [6.07, 6.45) is 3.50. The van der Waals surface area contributed by atoms with E-state index in [-0.39, 0.29) is 17.9 Å². The predicted octanol–water partition coefficient (Wildman–Crippen LogP) is 0.108. The first kappa shape index (κ1) is 11.4. The van der Waals surface area contributed by atoms with Gasteiger partial charge in [0.25, 0.3) is 0 Å². The quantitative estimate of drug-likeness (QED) is 0.635. The number of rotatable bonds is 4. The van der Waals surface area contributed by atoms with Crippen LogP contribution in [-0.2, 0) is 9.59 Å². The van der Waals surface area contributed by atoms with Crippen molar-refractivity contribution in [1.82, 2.24) is 10.6 Å². The van der Waals surface area contributed by atoms with Crippen LogP contribution in [0.15, 0.2) is 0 Å². The molecule has 1 saturated carbocycles. The number of piperidine rings is 1. The Kier molecular flexibility index (Phi) is 2.88. The van der Waals surface area contributed by atoms with Crippen molar-refractivity contribution in [3.05, 3.63) is 0 Å². The fourth-order valence-corrected chi connectivity index (χ4v) is 2.29. The van der Waals surface area contributed by atoms with Crippen molar-refractivity contribution in [1.29, 1.82) is 0 Å². The van der Waals surface area contributed by atoms with Crippen LogP contribution in [0, 0.1) is 5.92 Å². The zero-order valence-electron chi connectivity index (χ0n) is 9.45. The molecule has 2 unspecified atom stereocenters. The van der Waals surface area contributed by atoms with E-state index >= 15 is 0 Å². The van der Waals surface area contributed by atoms with Gasteiger partial charge in [-0.2, -0.15) is 0 Å². The molecule has 0 aromatic heterocycles. The number of hydrogen-bond donors (Lipinski definition) is 3. The summed E-state index contributed by atoms with van der Waals surface area (Å²) in [6.45, 7) is 2.39. The fourth-order valence-electron chi connectivity index (χ4n) is 2.29. The van der Waals surface area contributed by atoms with Crippen LogP contribution in [0.2, 0.25) is 0 Å². The minimum atomic E-state index is -0.945. The number of nitrogens with one attached hydrogen (secondary N) is 2. The van der Waals surface area contributed by atoms with Gasteiger partial charge in [-0.1, -0.05) is 0 Å². The molecule has 2 rings (SSSR count). The Morgan fingerprint density at radius 2 is 2.19 bits per heavy atom. The number of aliphatic carboxylic acids is 1. The lowest BCUT2D eigenvalue weighted by molar-refractivity contribution is -0.146. The molecule has 16 heavy (non-hydrogen) atoms. The van der Waals surface area contributed by atoms with Crippen LogP contribution in [0.25, 0.3) is 0 Å². The third-order valence-electron chi connectivity index (χ3n) is 3.60. The van der Waals surface area contributed by atoms with E-state index in [1.165, 1.54) is 0 Å². The van der Waals surface area contributed by atoms with E-state index in [1.807, 2.05) is 0 Å². The normalized spacial score (nSPS) is 29.3. The van der Waals surface area contributed by atoms with E-state index in [1.54, 1.807) is 6.92 Å². The topological polar surface area (TPSA) is 78.4 Å². The highest BCUT2D eigenvalue weighted by molar-refractivity contribution is 5.85. The molecule has 1 amide bonds. The minimum Gasteiger partial charge on any atom is -0.480 e. The maximum Gasteiger partial charge on any atom is 0.323 e. The van der Waals surface area contributed by atoms with Crippen molar-refractivity contribution in [2.75, 3.05) is 6.54 Å². The molecular formula is C11H18N2O3. The summed E-state index contributed by atoms with van der Waals surface area (Å²) in [5.41, 5.74) is -0.945. The Morgan fingerprint density at radius 3 is 2.69 bits per heavy atom. The fraction of sp³-hybridized carbons (Fsp3) is 0.818. The van der Waals surface area contributed by atoms with Crippen molar-refractivity contribution in [2.24, 2.45) is 5.92 Å². The van der Waals surface area contributed by atoms with Gasteiger partial charge in [0.1, 0.15) is 5.54 Å². The van der Waals surface area contributed by atoms with E-state index in [4.69, 9.17) is 0 Å². The predicted molar refractivity (Wildman–Crippen MR) is 57.9 cm³/mol. The molecule has 5 nitrogen and oxygen atoms in total. The Labute approximate surface area is 94.6 Å². The van der Waals surface area contributed by atoms with E-state index in [0.717, 1.165) is 25.7 Å². The van der Waals surface area contributed by atoms with E-state index in [0.29, 0.717) is 6.54 Å². The molecule has 90 valence electrons. The molecule has 1 aliphatic heterocycles. The summed E-state index contributed by atoms with van der Waals surface area (Å²) in [5.74, 6) is -0.757. The average molecular weight is 226 g/mol. The summed E-state index contributed by atoms with van der Waals surface area (Å²) >= 11 is 0. The van der Waals surface area contributed by atoms with E-state index < -0.39 is 11.5 Å². The summed E-state index contributed by atoms with van der Waals surface area (Å²) in [6, 6.07) is -0.351. The van der Waals surface area contributed by atoms with Gasteiger partial charge in [-0.25, -0.2) is 0 Å². The molecule has 5 heteroatoms. The van der Waals surface area contributed by atoms with E-state index in [2.05, 4.69) is 10.6 Å². The first-order chi connectivity index (χ1) is 7.54. The number of carboxylic acid groups (broad SMARTS) is 1. The number of carboxylic acids is 1. The maximum atomic E-state index is 11.6. The van der Waals surface area contributed by atoms with Crippen molar-refractivity contribution in [3.63, 3.8) is 0 Å². The first-order valence-electron chi connectivity index (χ1n) is 5.83. The highest BCUT2D eigenvalue weighted by Gasteiger charge is 2.49. The van der Waals surface area contributed by atoms with Crippen LogP contribution in [0.1, 0.15) is 32.6 Å². The second kappa shape index (κ2) is 4.05. The standard InChI is InChI=1S/C11H18N2O3/c1-11(10(15)16,7-4-5-7)13-8-3-2-6-12-9(8)14/h7-8,13H,2-6H2,1H3,(H,12,14)(H,15,16). The molecule has 0 aromatic carbocycles. The van der Waals surface area contributed by atoms with Crippen molar-refractivity contribution in [3.8, 4) is 0 Å². The van der Waals surface area contributed by atoms with Gasteiger partial charge in [0, 0.05) is 6.54 Å². The molecule has 2 fully saturated rings. The highest BCUT2D eigenvalue weighted by Crippen LogP contribution is 2.40. The Morgan fingerprint density at radius 1 is 1.50 bits per heavy atom. The lowest BCUT2D eigenvalue weighted by Gasteiger charge is -2.33. The molecule has 1 aliphatic carbocycles. The van der Waals surface area contributed by atoms with Crippen LogP contribution in [0.4, 0.5) is 0 Å². The third-order valence-corrected chi connectivity index (χ3v) is 3.60. The number of amides is 1. The van der Waals surface area contributed by atoms with Crippen molar-refractivity contribution >= 4 is 11.9 Å². The second-order valence-electron chi connectivity index (χ2n) is 4.91. The molecule has 0 aromatic rings. The van der Waals surface area contributed by atoms with E-state index in [9.17, 15) is 14.7 Å². The van der Waals surface area contributed by atoms with Gasteiger partial charge < -0.3 is 10.4 Å².